The predicted octanol–water partition coefficient (Wildman–Crippen LogP) is 3.89. The number of unbranched alkanes of at least 4 members (excludes halogenated alkanes) is 1. The largest absolute Gasteiger partial charge is 0.390 e. The summed E-state index contributed by atoms with van der Waals surface area (Å²) < 4.78 is 2.25. The van der Waals surface area contributed by atoms with Crippen molar-refractivity contribution in [3.63, 3.8) is 0 Å². The van der Waals surface area contributed by atoms with E-state index in [9.17, 15) is 5.11 Å². The van der Waals surface area contributed by atoms with E-state index in [1.807, 2.05) is 0 Å². The molecule has 23 heavy (non-hydrogen) atoms. The molecule has 3 nitrogen and oxygen atoms in total. The summed E-state index contributed by atoms with van der Waals surface area (Å²) >= 11 is 0. The van der Waals surface area contributed by atoms with Crippen LogP contribution in [0.4, 0.5) is 0 Å². The number of hydrogen-bond acceptors (Lipinski definition) is 2. The molecule has 1 aromatic heterocycles. The van der Waals surface area contributed by atoms with Crippen molar-refractivity contribution < 1.29 is 5.11 Å². The van der Waals surface area contributed by atoms with Crippen LogP contribution < -0.4 is 0 Å². The van der Waals surface area contributed by atoms with Crippen LogP contribution in [0.2, 0.25) is 0 Å². The maximum absolute atomic E-state index is 10.5. The van der Waals surface area contributed by atoms with E-state index in [4.69, 9.17) is 0 Å². The molecule has 0 radical (unpaired) electrons. The van der Waals surface area contributed by atoms with Gasteiger partial charge in [0.25, 0.3) is 0 Å². The number of aliphatic hydroxyl groups excluding tert-OH is 1. The van der Waals surface area contributed by atoms with Gasteiger partial charge in [-0.2, -0.15) is 0 Å². The Hall–Kier alpha value is -1.84. The number of aromatic nitrogens is 1. The van der Waals surface area contributed by atoms with Crippen LogP contribution >= 0.6 is 0 Å². The Kier molecular flexibility index (Phi) is 4.99. The van der Waals surface area contributed by atoms with Gasteiger partial charge in [0.15, 0.2) is 0 Å². The molecule has 0 aliphatic heterocycles. The molecule has 3 aromatic rings. The van der Waals surface area contributed by atoms with Crippen molar-refractivity contribution in [3.8, 4) is 0 Å². The first-order valence-corrected chi connectivity index (χ1v) is 8.53. The molecule has 0 fully saturated rings. The summed E-state index contributed by atoms with van der Waals surface area (Å²) in [5.74, 6) is 0. The first kappa shape index (κ1) is 16.0. The van der Waals surface area contributed by atoms with E-state index >= 15 is 0 Å². The minimum atomic E-state index is -0.365. The zero-order valence-electron chi connectivity index (χ0n) is 14.1. The van der Waals surface area contributed by atoms with Gasteiger partial charge in [-0.25, -0.2) is 0 Å². The van der Waals surface area contributed by atoms with E-state index < -0.39 is 0 Å². The Bertz CT molecular complexity index is 724. The number of likely N-dealkylation sites (N-methyl/N-ethyl adjacent to an activating group) is 1. The lowest BCUT2D eigenvalue weighted by molar-refractivity contribution is 0.111. The minimum Gasteiger partial charge on any atom is -0.390 e. The number of benzene rings is 2. The van der Waals surface area contributed by atoms with Gasteiger partial charge in [-0.15, -0.1) is 0 Å². The summed E-state index contributed by atoms with van der Waals surface area (Å²) in [6.45, 7) is 4.58. The van der Waals surface area contributed by atoms with Crippen LogP contribution in [0.15, 0.2) is 48.5 Å². The number of para-hydroxylation sites is 2. The molecule has 2 aromatic carbocycles. The minimum absolute atomic E-state index is 0.365. The maximum atomic E-state index is 10.5. The molecule has 0 aliphatic rings. The van der Waals surface area contributed by atoms with E-state index in [2.05, 4.69) is 72.0 Å². The van der Waals surface area contributed by atoms with Crippen LogP contribution in [0.3, 0.4) is 0 Å². The smallest absolute Gasteiger partial charge is 0.0845 e. The number of nitrogens with zero attached hydrogens (tertiary/aromatic N) is 2. The van der Waals surface area contributed by atoms with Gasteiger partial charge >= 0.3 is 0 Å². The summed E-state index contributed by atoms with van der Waals surface area (Å²) in [5, 5.41) is 13.1. The fourth-order valence-electron chi connectivity index (χ4n) is 3.35. The molecule has 1 heterocycles. The molecular weight excluding hydrogens is 284 g/mol. The summed E-state index contributed by atoms with van der Waals surface area (Å²) in [6, 6.07) is 16.9. The Morgan fingerprint density at radius 2 is 1.57 bits per heavy atom. The number of aliphatic hydroxyl groups is 1. The fourth-order valence-corrected chi connectivity index (χ4v) is 3.35. The second-order valence-electron chi connectivity index (χ2n) is 6.41. The third-order valence-electron chi connectivity index (χ3n) is 4.49. The van der Waals surface area contributed by atoms with Gasteiger partial charge in [-0.3, -0.25) is 0 Å². The zero-order chi connectivity index (χ0) is 16.2. The third-order valence-corrected chi connectivity index (χ3v) is 4.49. The SMILES string of the molecule is CCCCN(C)C[C@H](O)Cn1c2ccccc2c2ccccc21. The average Bonchev–Trinajstić information content (AvgIpc) is 2.88. The van der Waals surface area contributed by atoms with Gasteiger partial charge in [0.05, 0.1) is 12.6 Å². The monoisotopic (exact) mass is 310 g/mol. The van der Waals surface area contributed by atoms with Gasteiger partial charge in [0.1, 0.15) is 0 Å². The van der Waals surface area contributed by atoms with E-state index in [0.29, 0.717) is 13.1 Å². The van der Waals surface area contributed by atoms with Crippen molar-refractivity contribution >= 4 is 21.8 Å². The van der Waals surface area contributed by atoms with E-state index in [1.165, 1.54) is 34.6 Å². The van der Waals surface area contributed by atoms with Crippen molar-refractivity contribution in [2.45, 2.75) is 32.4 Å². The van der Waals surface area contributed by atoms with E-state index in [1.54, 1.807) is 0 Å². The first-order chi connectivity index (χ1) is 11.2. The van der Waals surface area contributed by atoms with Crippen molar-refractivity contribution in [1.29, 1.82) is 0 Å². The molecule has 0 bridgehead atoms. The van der Waals surface area contributed by atoms with Crippen molar-refractivity contribution in [2.24, 2.45) is 0 Å². The highest BCUT2D eigenvalue weighted by molar-refractivity contribution is 6.07. The quantitative estimate of drug-likeness (QED) is 0.717. The maximum Gasteiger partial charge on any atom is 0.0845 e. The highest BCUT2D eigenvalue weighted by Gasteiger charge is 2.14. The first-order valence-electron chi connectivity index (χ1n) is 8.53. The molecule has 0 amide bonds. The molecule has 0 saturated carbocycles. The molecule has 1 atom stereocenters. The zero-order valence-corrected chi connectivity index (χ0v) is 14.1. The number of rotatable bonds is 7. The van der Waals surface area contributed by atoms with Gasteiger partial charge < -0.3 is 14.6 Å². The summed E-state index contributed by atoms with van der Waals surface area (Å²) in [4.78, 5) is 2.22. The Morgan fingerprint density at radius 1 is 1.00 bits per heavy atom. The Balaban J connectivity index is 1.86. The van der Waals surface area contributed by atoms with Crippen LogP contribution in [-0.4, -0.2) is 40.8 Å². The van der Waals surface area contributed by atoms with Crippen molar-refractivity contribution in [2.75, 3.05) is 20.1 Å². The molecule has 0 aliphatic carbocycles. The average molecular weight is 310 g/mol. The highest BCUT2D eigenvalue weighted by atomic mass is 16.3. The molecular formula is C20H26N2O. The standard InChI is InChI=1S/C20H26N2O/c1-3-4-13-21(2)14-16(23)15-22-19-11-7-5-9-17(19)18-10-6-8-12-20(18)22/h5-12,16,23H,3-4,13-15H2,1-2H3/t16-/m0/s1. The topological polar surface area (TPSA) is 28.4 Å². The van der Waals surface area contributed by atoms with Crippen LogP contribution in [0.25, 0.3) is 21.8 Å². The lowest BCUT2D eigenvalue weighted by Crippen LogP contribution is -2.32. The second kappa shape index (κ2) is 7.16. The molecule has 0 spiro atoms. The van der Waals surface area contributed by atoms with Crippen LogP contribution in [-0.2, 0) is 6.54 Å². The molecule has 3 rings (SSSR count). The summed E-state index contributed by atoms with van der Waals surface area (Å²) in [5.41, 5.74) is 2.40. The Morgan fingerprint density at radius 3 is 2.13 bits per heavy atom. The van der Waals surface area contributed by atoms with Gasteiger partial charge in [0, 0.05) is 28.4 Å². The number of hydrogen-bond donors (Lipinski definition) is 1. The molecule has 0 saturated heterocycles. The van der Waals surface area contributed by atoms with Gasteiger partial charge in [0.2, 0.25) is 0 Å². The van der Waals surface area contributed by atoms with Gasteiger partial charge in [-0.1, -0.05) is 49.7 Å². The molecule has 122 valence electrons. The molecule has 1 N–H and O–H groups in total. The highest BCUT2D eigenvalue weighted by Crippen LogP contribution is 2.28. The third kappa shape index (κ3) is 3.41. The van der Waals surface area contributed by atoms with Gasteiger partial charge in [-0.05, 0) is 32.1 Å². The predicted molar refractivity (Wildman–Crippen MR) is 97.9 cm³/mol. The molecule has 3 heteroatoms. The van der Waals surface area contributed by atoms with Crippen molar-refractivity contribution in [1.82, 2.24) is 9.47 Å². The van der Waals surface area contributed by atoms with Crippen LogP contribution in [0.1, 0.15) is 19.8 Å². The Labute approximate surface area is 138 Å². The second-order valence-corrected chi connectivity index (χ2v) is 6.41. The van der Waals surface area contributed by atoms with Crippen LogP contribution in [0, 0.1) is 0 Å². The summed E-state index contributed by atoms with van der Waals surface area (Å²) in [6.07, 6.45) is 2.00. The lowest BCUT2D eigenvalue weighted by Gasteiger charge is -2.21. The van der Waals surface area contributed by atoms with E-state index in [0.717, 1.165) is 6.54 Å². The van der Waals surface area contributed by atoms with E-state index in [-0.39, 0.29) is 6.10 Å². The summed E-state index contributed by atoms with van der Waals surface area (Å²) in [7, 11) is 2.09. The van der Waals surface area contributed by atoms with Crippen molar-refractivity contribution in [3.05, 3.63) is 48.5 Å². The molecule has 0 unspecified atom stereocenters. The van der Waals surface area contributed by atoms with Crippen LogP contribution in [0.5, 0.6) is 0 Å². The number of fused-ring (bicyclic) bond motifs is 3. The fraction of sp³-hybridized carbons (Fsp3) is 0.400. The normalized spacial score (nSPS) is 13.2. The lowest BCUT2D eigenvalue weighted by atomic mass is 10.2.